The predicted molar refractivity (Wildman–Crippen MR) is 121 cm³/mol. The number of nitrogen functional groups attached to an aromatic ring is 1. The zero-order chi connectivity index (χ0) is 21.4. The summed E-state index contributed by atoms with van der Waals surface area (Å²) in [5.41, 5.74) is 16.5. The summed E-state index contributed by atoms with van der Waals surface area (Å²) in [6.07, 6.45) is 3.17. The van der Waals surface area contributed by atoms with Gasteiger partial charge in [0.05, 0.1) is 33.9 Å². The number of amides is 1. The van der Waals surface area contributed by atoms with Gasteiger partial charge in [-0.05, 0) is 23.3 Å². The van der Waals surface area contributed by atoms with Crippen LogP contribution in [-0.2, 0) is 6.61 Å². The average molecular weight is 409 g/mol. The second-order valence-corrected chi connectivity index (χ2v) is 7.23. The Morgan fingerprint density at radius 1 is 1.00 bits per heavy atom. The summed E-state index contributed by atoms with van der Waals surface area (Å²) in [4.78, 5) is 16.1. The first kappa shape index (κ1) is 18.6. The lowest BCUT2D eigenvalue weighted by molar-refractivity contribution is 0.100. The van der Waals surface area contributed by atoms with Crippen LogP contribution in [0.15, 0.2) is 73.1 Å². The van der Waals surface area contributed by atoms with E-state index in [2.05, 4.69) is 15.2 Å². The van der Waals surface area contributed by atoms with E-state index in [1.165, 1.54) is 6.20 Å². The van der Waals surface area contributed by atoms with Gasteiger partial charge in [0.15, 0.2) is 0 Å². The molecule has 3 aromatic carbocycles. The molecule has 5 aromatic rings. The molecule has 5 N–H and O–H groups in total. The third-order valence-electron chi connectivity index (χ3n) is 5.27. The standard InChI is InChI=1S/C24H19N5O2/c25-22-17-8-4-7-16(23(17)27-11-19(22)24(26)30)15-9-20-18(12-28-29-20)21(10-15)31-13-14-5-2-1-3-6-14/h1-12H,13H2,(H2,25,27)(H2,26,30)(H,28,29). The van der Waals surface area contributed by atoms with E-state index in [-0.39, 0.29) is 5.56 Å². The zero-order valence-corrected chi connectivity index (χ0v) is 16.5. The Morgan fingerprint density at radius 3 is 2.65 bits per heavy atom. The molecule has 0 radical (unpaired) electrons. The van der Waals surface area contributed by atoms with Crippen LogP contribution in [0.5, 0.6) is 5.75 Å². The van der Waals surface area contributed by atoms with Gasteiger partial charge in [-0.2, -0.15) is 5.10 Å². The van der Waals surface area contributed by atoms with Crippen LogP contribution >= 0.6 is 0 Å². The van der Waals surface area contributed by atoms with Crippen LogP contribution in [0, 0.1) is 0 Å². The number of pyridine rings is 1. The number of carbonyl (C=O) groups excluding carboxylic acids is 1. The number of benzene rings is 3. The highest BCUT2D eigenvalue weighted by molar-refractivity contribution is 6.09. The number of hydrogen-bond donors (Lipinski definition) is 3. The second-order valence-electron chi connectivity index (χ2n) is 7.23. The molecule has 7 heteroatoms. The molecular formula is C24H19N5O2. The van der Waals surface area contributed by atoms with E-state index < -0.39 is 5.91 Å². The molecule has 1 amide bonds. The molecule has 0 atom stereocenters. The van der Waals surface area contributed by atoms with Gasteiger partial charge in [0.1, 0.15) is 12.4 Å². The topological polar surface area (TPSA) is 120 Å². The van der Waals surface area contributed by atoms with Gasteiger partial charge in [-0.3, -0.25) is 14.9 Å². The van der Waals surface area contributed by atoms with Crippen molar-refractivity contribution in [3.05, 3.63) is 84.2 Å². The number of nitrogens with two attached hydrogens (primary N) is 2. The molecule has 2 aromatic heterocycles. The highest BCUT2D eigenvalue weighted by atomic mass is 16.5. The molecule has 152 valence electrons. The van der Waals surface area contributed by atoms with Crippen LogP contribution in [0.4, 0.5) is 5.69 Å². The summed E-state index contributed by atoms with van der Waals surface area (Å²) < 4.78 is 6.15. The number of nitrogens with one attached hydrogen (secondary N) is 1. The molecule has 0 aliphatic heterocycles. The SMILES string of the molecule is NC(=O)c1cnc2c(-c3cc(OCc4ccccc4)c4cn[nH]c4c3)cccc2c1N. The number of hydrogen-bond acceptors (Lipinski definition) is 5. The predicted octanol–water partition coefficient (Wildman–Crippen LogP) is 4.04. The van der Waals surface area contributed by atoms with Gasteiger partial charge >= 0.3 is 0 Å². The van der Waals surface area contributed by atoms with Crippen molar-refractivity contribution >= 4 is 33.4 Å². The maximum atomic E-state index is 11.6. The lowest BCUT2D eigenvalue weighted by Crippen LogP contribution is -2.14. The Kier molecular flexibility index (Phi) is 4.48. The van der Waals surface area contributed by atoms with Gasteiger partial charge in [-0.1, -0.05) is 48.5 Å². The first-order chi connectivity index (χ1) is 15.1. The fourth-order valence-corrected chi connectivity index (χ4v) is 3.70. The molecule has 0 bridgehead atoms. The van der Waals surface area contributed by atoms with Gasteiger partial charge in [0.2, 0.25) is 0 Å². The third-order valence-corrected chi connectivity index (χ3v) is 5.27. The minimum Gasteiger partial charge on any atom is -0.488 e. The van der Waals surface area contributed by atoms with Crippen molar-refractivity contribution in [3.63, 3.8) is 0 Å². The minimum atomic E-state index is -0.604. The molecule has 2 heterocycles. The number of nitrogens with zero attached hydrogens (tertiary/aromatic N) is 2. The van der Waals surface area contributed by atoms with Crippen LogP contribution in [0.25, 0.3) is 32.9 Å². The number of aromatic nitrogens is 3. The number of H-pyrrole nitrogens is 1. The highest BCUT2D eigenvalue weighted by Crippen LogP contribution is 2.36. The van der Waals surface area contributed by atoms with E-state index in [0.29, 0.717) is 28.9 Å². The van der Waals surface area contributed by atoms with Crippen molar-refractivity contribution < 1.29 is 9.53 Å². The van der Waals surface area contributed by atoms with E-state index in [0.717, 1.165) is 27.6 Å². The zero-order valence-electron chi connectivity index (χ0n) is 16.5. The lowest BCUT2D eigenvalue weighted by Gasteiger charge is -2.13. The molecule has 5 rings (SSSR count). The van der Waals surface area contributed by atoms with E-state index in [9.17, 15) is 4.79 Å². The lowest BCUT2D eigenvalue weighted by atomic mass is 9.99. The van der Waals surface area contributed by atoms with E-state index in [1.54, 1.807) is 6.20 Å². The summed E-state index contributed by atoms with van der Waals surface area (Å²) in [7, 11) is 0. The van der Waals surface area contributed by atoms with Gasteiger partial charge < -0.3 is 16.2 Å². The molecule has 0 spiro atoms. The summed E-state index contributed by atoms with van der Waals surface area (Å²) in [6, 6.07) is 19.6. The maximum absolute atomic E-state index is 11.6. The highest BCUT2D eigenvalue weighted by Gasteiger charge is 2.15. The smallest absolute Gasteiger partial charge is 0.252 e. The number of rotatable bonds is 5. The Morgan fingerprint density at radius 2 is 1.84 bits per heavy atom. The second kappa shape index (κ2) is 7.46. The summed E-state index contributed by atoms with van der Waals surface area (Å²) in [6.45, 7) is 0.438. The quantitative estimate of drug-likeness (QED) is 0.405. The summed E-state index contributed by atoms with van der Waals surface area (Å²) in [5.74, 6) is 0.108. The van der Waals surface area contributed by atoms with Gasteiger partial charge in [0, 0.05) is 17.1 Å². The number of para-hydroxylation sites is 1. The van der Waals surface area contributed by atoms with Crippen molar-refractivity contribution in [3.8, 4) is 16.9 Å². The minimum absolute atomic E-state index is 0.209. The fraction of sp³-hybridized carbons (Fsp3) is 0.0417. The number of carbonyl (C=O) groups is 1. The summed E-state index contributed by atoms with van der Waals surface area (Å²) >= 11 is 0. The number of anilines is 1. The molecule has 0 aliphatic rings. The van der Waals surface area contributed by atoms with Crippen molar-refractivity contribution in [1.82, 2.24) is 15.2 Å². The third kappa shape index (κ3) is 3.32. The Bertz CT molecular complexity index is 1430. The first-order valence-corrected chi connectivity index (χ1v) is 9.73. The van der Waals surface area contributed by atoms with E-state index in [4.69, 9.17) is 16.2 Å². The molecule has 31 heavy (non-hydrogen) atoms. The van der Waals surface area contributed by atoms with Crippen LogP contribution in [0.3, 0.4) is 0 Å². The van der Waals surface area contributed by atoms with Crippen molar-refractivity contribution in [2.24, 2.45) is 5.73 Å². The average Bonchev–Trinajstić information content (AvgIpc) is 3.27. The van der Waals surface area contributed by atoms with E-state index >= 15 is 0 Å². The number of aromatic amines is 1. The molecular weight excluding hydrogens is 390 g/mol. The number of primary amides is 1. The Balaban J connectivity index is 1.63. The van der Waals surface area contributed by atoms with Crippen LogP contribution in [-0.4, -0.2) is 21.1 Å². The fourth-order valence-electron chi connectivity index (χ4n) is 3.70. The molecule has 7 nitrogen and oxygen atoms in total. The van der Waals surface area contributed by atoms with Crippen molar-refractivity contribution in [1.29, 1.82) is 0 Å². The Labute approximate surface area is 177 Å². The Hall–Kier alpha value is -4.39. The molecule has 0 saturated carbocycles. The molecule has 0 aliphatic carbocycles. The van der Waals surface area contributed by atoms with Crippen molar-refractivity contribution in [2.75, 3.05) is 5.73 Å². The van der Waals surface area contributed by atoms with E-state index in [1.807, 2.05) is 60.7 Å². The normalized spacial score (nSPS) is 11.1. The number of ether oxygens (including phenoxy) is 1. The molecule has 0 fully saturated rings. The number of fused-ring (bicyclic) bond motifs is 2. The van der Waals surface area contributed by atoms with Gasteiger partial charge in [-0.25, -0.2) is 0 Å². The van der Waals surface area contributed by atoms with Gasteiger partial charge in [-0.15, -0.1) is 0 Å². The first-order valence-electron chi connectivity index (χ1n) is 9.73. The van der Waals surface area contributed by atoms with Gasteiger partial charge in [0.25, 0.3) is 5.91 Å². The van der Waals surface area contributed by atoms with Crippen LogP contribution < -0.4 is 16.2 Å². The van der Waals surface area contributed by atoms with Crippen molar-refractivity contribution in [2.45, 2.75) is 6.61 Å². The van der Waals surface area contributed by atoms with Crippen LogP contribution in [0.2, 0.25) is 0 Å². The monoisotopic (exact) mass is 409 g/mol. The summed E-state index contributed by atoms with van der Waals surface area (Å²) in [5, 5.41) is 8.75. The van der Waals surface area contributed by atoms with Crippen LogP contribution in [0.1, 0.15) is 15.9 Å². The largest absolute Gasteiger partial charge is 0.488 e. The maximum Gasteiger partial charge on any atom is 0.252 e. The molecule has 0 saturated heterocycles. The molecule has 0 unspecified atom stereocenters.